The Hall–Kier alpha value is -0.980. The number of ether oxygens (including phenoxy) is 1. The number of rotatable bonds is 4. The Morgan fingerprint density at radius 3 is 2.87 bits per heavy atom. The minimum atomic E-state index is -0.271. The molecule has 0 aliphatic rings. The predicted molar refractivity (Wildman–Crippen MR) is 65.9 cm³/mol. The van der Waals surface area contributed by atoms with E-state index in [4.69, 9.17) is 4.74 Å². The van der Waals surface area contributed by atoms with Crippen molar-refractivity contribution < 1.29 is 14.6 Å². The van der Waals surface area contributed by atoms with Gasteiger partial charge in [0.1, 0.15) is 11.5 Å². The van der Waals surface area contributed by atoms with Gasteiger partial charge in [0, 0.05) is 17.0 Å². The van der Waals surface area contributed by atoms with Crippen LogP contribution in [0, 0.1) is 0 Å². The quantitative estimate of drug-likeness (QED) is 0.654. The van der Waals surface area contributed by atoms with Gasteiger partial charge in [-0.05, 0) is 12.1 Å². The fourth-order valence-corrected chi connectivity index (χ4v) is 1.36. The number of hydrogen-bond acceptors (Lipinski definition) is 3. The van der Waals surface area contributed by atoms with E-state index in [1.165, 1.54) is 19.2 Å². The van der Waals surface area contributed by atoms with Crippen LogP contribution in [0.25, 0.3) is 0 Å². The smallest absolute Gasteiger partial charge is 0.255 e. The summed E-state index contributed by atoms with van der Waals surface area (Å²) in [4.78, 5) is 11.5. The maximum atomic E-state index is 11.5. The Morgan fingerprint density at radius 2 is 2.33 bits per heavy atom. The molecule has 0 aliphatic heterocycles. The van der Waals surface area contributed by atoms with Crippen LogP contribution in [-0.4, -0.2) is 29.1 Å². The van der Waals surface area contributed by atoms with Crippen LogP contribution < -0.4 is 10.1 Å². The molecule has 5 heteroatoms. The summed E-state index contributed by atoms with van der Waals surface area (Å²) in [6.07, 6.45) is 0. The van der Waals surface area contributed by atoms with Crippen LogP contribution >= 0.6 is 22.6 Å². The number of phenols is 1. The monoisotopic (exact) mass is 321 g/mol. The number of alkyl halides is 1. The van der Waals surface area contributed by atoms with Crippen molar-refractivity contribution in [2.24, 2.45) is 0 Å². The molecule has 0 fully saturated rings. The predicted octanol–water partition coefficient (Wildman–Crippen LogP) is 1.57. The number of benzene rings is 1. The maximum absolute atomic E-state index is 11.5. The molecule has 0 saturated carbocycles. The molecular weight excluding hydrogens is 309 g/mol. The molecule has 0 saturated heterocycles. The summed E-state index contributed by atoms with van der Waals surface area (Å²) in [5.74, 6) is 0.185. The second-order valence-corrected chi connectivity index (χ2v) is 3.91. The van der Waals surface area contributed by atoms with Gasteiger partial charge in [-0.1, -0.05) is 22.6 Å². The number of phenolic OH excluding ortho intramolecular Hbond substituents is 1. The van der Waals surface area contributed by atoms with Crippen LogP contribution in [0.4, 0.5) is 0 Å². The number of carbonyl (C=O) groups is 1. The van der Waals surface area contributed by atoms with Crippen molar-refractivity contribution in [3.8, 4) is 11.5 Å². The zero-order chi connectivity index (χ0) is 11.3. The first-order valence-corrected chi connectivity index (χ1v) is 5.92. The van der Waals surface area contributed by atoms with Gasteiger partial charge in [0.05, 0.1) is 12.7 Å². The minimum absolute atomic E-state index is 0.0692. The second-order valence-electron chi connectivity index (χ2n) is 2.83. The van der Waals surface area contributed by atoms with E-state index >= 15 is 0 Å². The van der Waals surface area contributed by atoms with Gasteiger partial charge in [0.15, 0.2) is 0 Å². The number of hydrogen-bond donors (Lipinski definition) is 2. The van der Waals surface area contributed by atoms with Crippen LogP contribution in [0.5, 0.6) is 11.5 Å². The van der Waals surface area contributed by atoms with Gasteiger partial charge in [0.25, 0.3) is 5.91 Å². The van der Waals surface area contributed by atoms with Crippen molar-refractivity contribution in [2.75, 3.05) is 18.1 Å². The Balaban J connectivity index is 2.81. The molecule has 0 aromatic heterocycles. The van der Waals surface area contributed by atoms with Gasteiger partial charge in [-0.25, -0.2) is 0 Å². The minimum Gasteiger partial charge on any atom is -0.507 e. The number of carbonyl (C=O) groups excluding carboxylic acids is 1. The molecular formula is C10H12INO3. The molecule has 0 atom stereocenters. The van der Waals surface area contributed by atoms with Crippen molar-refractivity contribution in [1.29, 1.82) is 0 Å². The third kappa shape index (κ3) is 3.26. The molecule has 0 heterocycles. The molecule has 0 bridgehead atoms. The topological polar surface area (TPSA) is 58.6 Å². The van der Waals surface area contributed by atoms with Gasteiger partial charge >= 0.3 is 0 Å². The Morgan fingerprint density at radius 1 is 1.60 bits per heavy atom. The van der Waals surface area contributed by atoms with Crippen molar-refractivity contribution in [3.05, 3.63) is 23.8 Å². The zero-order valence-corrected chi connectivity index (χ0v) is 10.4. The average molecular weight is 321 g/mol. The summed E-state index contributed by atoms with van der Waals surface area (Å²) < 4.78 is 5.75. The second kappa shape index (κ2) is 5.79. The molecule has 82 valence electrons. The van der Waals surface area contributed by atoms with E-state index in [0.29, 0.717) is 12.3 Å². The van der Waals surface area contributed by atoms with Crippen molar-refractivity contribution >= 4 is 28.5 Å². The number of methoxy groups -OCH3 is 1. The molecule has 2 N–H and O–H groups in total. The highest BCUT2D eigenvalue weighted by Gasteiger charge is 2.10. The Kier molecular flexibility index (Phi) is 4.67. The maximum Gasteiger partial charge on any atom is 0.255 e. The summed E-state index contributed by atoms with van der Waals surface area (Å²) in [5, 5.41) is 12.2. The van der Waals surface area contributed by atoms with Gasteiger partial charge in [-0.15, -0.1) is 0 Å². The summed E-state index contributed by atoms with van der Waals surface area (Å²) in [6, 6.07) is 4.59. The molecule has 0 spiro atoms. The van der Waals surface area contributed by atoms with Crippen molar-refractivity contribution in [3.63, 3.8) is 0 Å². The molecule has 1 aromatic rings. The lowest BCUT2D eigenvalue weighted by Gasteiger charge is -2.06. The number of nitrogens with one attached hydrogen (secondary N) is 1. The number of amides is 1. The molecule has 1 amide bonds. The van der Waals surface area contributed by atoms with Gasteiger partial charge in [0.2, 0.25) is 0 Å². The highest BCUT2D eigenvalue weighted by molar-refractivity contribution is 14.1. The first-order chi connectivity index (χ1) is 7.19. The van der Waals surface area contributed by atoms with E-state index in [2.05, 4.69) is 27.9 Å². The SMILES string of the molecule is COc1ccc(C(=O)NCCI)c(O)c1. The highest BCUT2D eigenvalue weighted by Crippen LogP contribution is 2.22. The normalized spacial score (nSPS) is 9.73. The van der Waals surface area contributed by atoms with E-state index in [1.54, 1.807) is 6.07 Å². The summed E-state index contributed by atoms with van der Waals surface area (Å²) >= 11 is 2.16. The fourth-order valence-electron chi connectivity index (χ4n) is 1.09. The lowest BCUT2D eigenvalue weighted by molar-refractivity contribution is 0.0953. The third-order valence-electron chi connectivity index (χ3n) is 1.83. The summed E-state index contributed by atoms with van der Waals surface area (Å²) in [7, 11) is 1.50. The molecule has 0 aliphatic carbocycles. The number of halogens is 1. The largest absolute Gasteiger partial charge is 0.507 e. The van der Waals surface area contributed by atoms with E-state index < -0.39 is 0 Å². The summed E-state index contributed by atoms with van der Waals surface area (Å²) in [5.41, 5.74) is 0.264. The Bertz CT molecular complexity index is 355. The first-order valence-electron chi connectivity index (χ1n) is 4.40. The van der Waals surface area contributed by atoms with E-state index in [0.717, 1.165) is 4.43 Å². The lowest BCUT2D eigenvalue weighted by atomic mass is 10.2. The van der Waals surface area contributed by atoms with Gasteiger partial charge in [-0.2, -0.15) is 0 Å². The van der Waals surface area contributed by atoms with Gasteiger partial charge < -0.3 is 15.2 Å². The van der Waals surface area contributed by atoms with E-state index in [1.807, 2.05) is 0 Å². The molecule has 1 rings (SSSR count). The Labute approximate surface area is 102 Å². The molecule has 1 aromatic carbocycles. The van der Waals surface area contributed by atoms with Crippen molar-refractivity contribution in [2.45, 2.75) is 0 Å². The van der Waals surface area contributed by atoms with Crippen LogP contribution in [-0.2, 0) is 0 Å². The van der Waals surface area contributed by atoms with E-state index in [-0.39, 0.29) is 17.2 Å². The first kappa shape index (κ1) is 12.1. The molecule has 0 unspecified atom stereocenters. The average Bonchev–Trinajstić information content (AvgIpc) is 2.25. The van der Waals surface area contributed by atoms with Gasteiger partial charge in [-0.3, -0.25) is 4.79 Å². The zero-order valence-electron chi connectivity index (χ0n) is 8.29. The lowest BCUT2D eigenvalue weighted by Crippen LogP contribution is -2.25. The summed E-state index contributed by atoms with van der Waals surface area (Å²) in [6.45, 7) is 0.588. The van der Waals surface area contributed by atoms with E-state index in [9.17, 15) is 9.90 Å². The highest BCUT2D eigenvalue weighted by atomic mass is 127. The standard InChI is InChI=1S/C10H12INO3/c1-15-7-2-3-8(9(13)6-7)10(14)12-5-4-11/h2-3,6,13H,4-5H2,1H3,(H,12,14). The van der Waals surface area contributed by atoms with Crippen LogP contribution in [0.2, 0.25) is 0 Å². The third-order valence-corrected chi connectivity index (χ3v) is 2.37. The van der Waals surface area contributed by atoms with Crippen LogP contribution in [0.15, 0.2) is 18.2 Å². The fraction of sp³-hybridized carbons (Fsp3) is 0.300. The van der Waals surface area contributed by atoms with Crippen LogP contribution in [0.1, 0.15) is 10.4 Å². The molecule has 4 nitrogen and oxygen atoms in total. The van der Waals surface area contributed by atoms with Crippen LogP contribution in [0.3, 0.4) is 0 Å². The molecule has 0 radical (unpaired) electrons. The number of aromatic hydroxyl groups is 1. The molecule has 15 heavy (non-hydrogen) atoms. The van der Waals surface area contributed by atoms with Crippen molar-refractivity contribution in [1.82, 2.24) is 5.32 Å².